The molecule has 134 valence electrons. The van der Waals surface area contributed by atoms with E-state index in [1.54, 1.807) is 0 Å². The van der Waals surface area contributed by atoms with E-state index in [4.69, 9.17) is 0 Å². The molecule has 1 amide bonds. The summed E-state index contributed by atoms with van der Waals surface area (Å²) in [5.41, 5.74) is 0.540. The van der Waals surface area contributed by atoms with Gasteiger partial charge in [-0.25, -0.2) is 8.78 Å². The minimum Gasteiger partial charge on any atom is -0.347 e. The molecule has 26 heavy (non-hydrogen) atoms. The Morgan fingerprint density at radius 1 is 1.08 bits per heavy atom. The predicted molar refractivity (Wildman–Crippen MR) is 96.0 cm³/mol. The summed E-state index contributed by atoms with van der Waals surface area (Å²) in [5.74, 6) is -2.58. The van der Waals surface area contributed by atoms with Crippen molar-refractivity contribution in [3.8, 4) is 0 Å². The summed E-state index contributed by atoms with van der Waals surface area (Å²) in [4.78, 5) is 25.3. The molecule has 0 atom stereocenters. The Balaban J connectivity index is 2.02. The maximum absolute atomic E-state index is 13.5. The number of hydrogen-bond acceptors (Lipinski definition) is 2. The van der Waals surface area contributed by atoms with E-state index >= 15 is 0 Å². The van der Waals surface area contributed by atoms with Crippen LogP contribution in [0.25, 0.3) is 10.8 Å². The first-order valence-corrected chi connectivity index (χ1v) is 8.36. The minimum absolute atomic E-state index is 0.0527. The summed E-state index contributed by atoms with van der Waals surface area (Å²) in [5, 5.41) is 3.02. The zero-order valence-corrected chi connectivity index (χ0v) is 14.3. The highest BCUT2D eigenvalue weighted by molar-refractivity contribution is 5.96. The van der Waals surface area contributed by atoms with E-state index in [-0.39, 0.29) is 16.5 Å². The number of amides is 1. The molecule has 0 bridgehead atoms. The van der Waals surface area contributed by atoms with Crippen LogP contribution in [-0.2, 0) is 13.1 Å². The second-order valence-corrected chi connectivity index (χ2v) is 6.01. The average molecular weight is 356 g/mol. The molecule has 0 aliphatic carbocycles. The first kappa shape index (κ1) is 17.8. The van der Waals surface area contributed by atoms with Gasteiger partial charge in [-0.15, -0.1) is 0 Å². The summed E-state index contributed by atoms with van der Waals surface area (Å²) >= 11 is 0. The minimum atomic E-state index is -1.08. The number of hydrogen-bond donors (Lipinski definition) is 1. The Bertz CT molecular complexity index is 1010. The molecule has 0 spiro atoms. The number of rotatable bonds is 5. The van der Waals surface area contributed by atoms with Crippen molar-refractivity contribution in [1.29, 1.82) is 0 Å². The number of nitrogens with one attached hydrogen (secondary N) is 1. The van der Waals surface area contributed by atoms with Crippen molar-refractivity contribution in [2.24, 2.45) is 0 Å². The molecule has 1 heterocycles. The summed E-state index contributed by atoms with van der Waals surface area (Å²) in [7, 11) is 0. The summed E-state index contributed by atoms with van der Waals surface area (Å²) in [6, 6.07) is 12.6. The molecular weight excluding hydrogens is 338 g/mol. The summed E-state index contributed by atoms with van der Waals surface area (Å²) in [6.07, 6.45) is 0.619. The van der Waals surface area contributed by atoms with E-state index in [0.717, 1.165) is 17.7 Å². The lowest BCUT2D eigenvalue weighted by Crippen LogP contribution is -2.32. The van der Waals surface area contributed by atoms with Crippen LogP contribution in [0.15, 0.2) is 53.3 Å². The van der Waals surface area contributed by atoms with Crippen LogP contribution < -0.4 is 10.9 Å². The van der Waals surface area contributed by atoms with E-state index in [1.807, 2.05) is 37.3 Å². The van der Waals surface area contributed by atoms with Crippen LogP contribution in [-0.4, -0.2) is 10.5 Å². The fraction of sp³-hybridized carbons (Fsp3) is 0.200. The lowest BCUT2D eigenvalue weighted by Gasteiger charge is -2.14. The first-order valence-electron chi connectivity index (χ1n) is 8.36. The molecule has 4 nitrogen and oxygen atoms in total. The first-order chi connectivity index (χ1) is 12.5. The Hall–Kier alpha value is -3.02. The van der Waals surface area contributed by atoms with Gasteiger partial charge in [-0.05, 0) is 35.6 Å². The Morgan fingerprint density at radius 3 is 2.46 bits per heavy atom. The van der Waals surface area contributed by atoms with Crippen molar-refractivity contribution in [3.63, 3.8) is 0 Å². The van der Waals surface area contributed by atoms with Gasteiger partial charge in [0.25, 0.3) is 11.5 Å². The Kier molecular flexibility index (Phi) is 5.11. The normalized spacial score (nSPS) is 10.9. The van der Waals surface area contributed by atoms with E-state index in [9.17, 15) is 18.4 Å². The predicted octanol–water partition coefficient (Wildman–Crippen LogP) is 3.62. The van der Waals surface area contributed by atoms with E-state index < -0.39 is 23.1 Å². The van der Waals surface area contributed by atoms with Crippen molar-refractivity contribution in [2.45, 2.75) is 26.4 Å². The van der Waals surface area contributed by atoms with Gasteiger partial charge < -0.3 is 9.88 Å². The third-order valence-electron chi connectivity index (χ3n) is 4.13. The zero-order valence-electron chi connectivity index (χ0n) is 14.3. The molecule has 0 unspecified atom stereocenters. The molecule has 0 aliphatic rings. The van der Waals surface area contributed by atoms with Gasteiger partial charge in [0.1, 0.15) is 5.69 Å². The van der Waals surface area contributed by atoms with Crippen LogP contribution in [0.1, 0.15) is 29.4 Å². The highest BCUT2D eigenvalue weighted by atomic mass is 19.2. The van der Waals surface area contributed by atoms with E-state index in [2.05, 4.69) is 5.32 Å². The molecule has 0 saturated heterocycles. The number of aromatic nitrogens is 1. The van der Waals surface area contributed by atoms with Crippen LogP contribution in [0.2, 0.25) is 0 Å². The van der Waals surface area contributed by atoms with E-state index in [0.29, 0.717) is 19.5 Å². The van der Waals surface area contributed by atoms with Gasteiger partial charge in [-0.1, -0.05) is 37.3 Å². The van der Waals surface area contributed by atoms with Crippen molar-refractivity contribution in [2.75, 3.05) is 0 Å². The van der Waals surface area contributed by atoms with Crippen LogP contribution >= 0.6 is 0 Å². The molecule has 1 aromatic heterocycles. The number of carbonyl (C=O) groups is 1. The molecule has 3 rings (SSSR count). The lowest BCUT2D eigenvalue weighted by atomic mass is 10.1. The Morgan fingerprint density at radius 2 is 1.77 bits per heavy atom. The fourth-order valence-electron chi connectivity index (χ4n) is 2.85. The van der Waals surface area contributed by atoms with Gasteiger partial charge in [-0.3, -0.25) is 9.59 Å². The van der Waals surface area contributed by atoms with Gasteiger partial charge in [0, 0.05) is 13.1 Å². The second kappa shape index (κ2) is 7.47. The molecular formula is C20H18F2N2O2. The van der Waals surface area contributed by atoms with Gasteiger partial charge in [0.15, 0.2) is 11.6 Å². The smallest absolute Gasteiger partial charge is 0.268 e. The van der Waals surface area contributed by atoms with Gasteiger partial charge in [0.2, 0.25) is 0 Å². The SMILES string of the molecule is CCCn1c(C(=O)NCc2ccccc2)cc2cc(F)c(F)cc2c1=O. The lowest BCUT2D eigenvalue weighted by molar-refractivity contribution is 0.0940. The quantitative estimate of drug-likeness (QED) is 0.759. The molecule has 1 N–H and O–H groups in total. The van der Waals surface area contributed by atoms with E-state index in [1.165, 1.54) is 10.6 Å². The topological polar surface area (TPSA) is 51.1 Å². The maximum atomic E-state index is 13.5. The molecule has 3 aromatic rings. The van der Waals surface area contributed by atoms with Gasteiger partial charge in [-0.2, -0.15) is 0 Å². The largest absolute Gasteiger partial charge is 0.347 e. The van der Waals surface area contributed by atoms with Crippen LogP contribution in [0.5, 0.6) is 0 Å². The molecule has 2 aromatic carbocycles. The maximum Gasteiger partial charge on any atom is 0.268 e. The van der Waals surface area contributed by atoms with Crippen molar-refractivity contribution in [3.05, 3.63) is 81.8 Å². The van der Waals surface area contributed by atoms with Gasteiger partial charge >= 0.3 is 0 Å². The van der Waals surface area contributed by atoms with Crippen molar-refractivity contribution >= 4 is 16.7 Å². The molecule has 0 aliphatic heterocycles. The van der Waals surface area contributed by atoms with Crippen LogP contribution in [0.3, 0.4) is 0 Å². The number of fused-ring (bicyclic) bond motifs is 1. The van der Waals surface area contributed by atoms with Crippen molar-refractivity contribution < 1.29 is 13.6 Å². The Labute approximate surface area is 149 Å². The van der Waals surface area contributed by atoms with Gasteiger partial charge in [0.05, 0.1) is 5.39 Å². The summed E-state index contributed by atoms with van der Waals surface area (Å²) in [6.45, 7) is 2.48. The van der Waals surface area contributed by atoms with Crippen LogP contribution in [0.4, 0.5) is 8.78 Å². The third-order valence-corrected chi connectivity index (χ3v) is 4.13. The standard InChI is InChI=1S/C20H18F2N2O2/c1-2-8-24-18(19(25)23-12-13-6-4-3-5-7-13)10-14-9-16(21)17(22)11-15(14)20(24)26/h3-7,9-11H,2,8,12H2,1H3,(H,23,25). The highest BCUT2D eigenvalue weighted by Gasteiger charge is 2.17. The summed E-state index contributed by atoms with van der Waals surface area (Å²) < 4.78 is 28.4. The number of benzene rings is 2. The zero-order chi connectivity index (χ0) is 18.7. The number of halogens is 2. The second-order valence-electron chi connectivity index (χ2n) is 6.01. The molecule has 6 heteroatoms. The monoisotopic (exact) mass is 356 g/mol. The van der Waals surface area contributed by atoms with Crippen LogP contribution in [0, 0.1) is 11.6 Å². The molecule has 0 fully saturated rings. The number of nitrogens with zero attached hydrogens (tertiary/aromatic N) is 1. The number of pyridine rings is 1. The number of carbonyl (C=O) groups excluding carboxylic acids is 1. The fourth-order valence-corrected chi connectivity index (χ4v) is 2.85. The molecule has 0 radical (unpaired) electrons. The van der Waals surface area contributed by atoms with Crippen molar-refractivity contribution in [1.82, 2.24) is 9.88 Å². The highest BCUT2D eigenvalue weighted by Crippen LogP contribution is 2.17. The average Bonchev–Trinajstić information content (AvgIpc) is 2.64. The third kappa shape index (κ3) is 3.49. The molecule has 0 saturated carbocycles.